The van der Waals surface area contributed by atoms with E-state index < -0.39 is 0 Å². The Balaban J connectivity index is 1.41. The normalized spacial score (nSPS) is 23.1. The number of hydrogen-bond acceptors (Lipinski definition) is 2. The Kier molecular flexibility index (Phi) is 6.16. The Morgan fingerprint density at radius 3 is 2.42 bits per heavy atom. The van der Waals surface area contributed by atoms with Crippen molar-refractivity contribution in [3.8, 4) is 0 Å². The number of halogens is 3. The molecule has 1 N–H and O–H groups in total. The van der Waals surface area contributed by atoms with Crippen LogP contribution in [0.3, 0.4) is 0 Å². The molecule has 0 radical (unpaired) electrons. The van der Waals surface area contributed by atoms with E-state index >= 15 is 0 Å². The van der Waals surface area contributed by atoms with Crippen molar-refractivity contribution < 1.29 is 0 Å². The van der Waals surface area contributed by atoms with Crippen molar-refractivity contribution in [3.05, 3.63) is 98.5 Å². The molecule has 0 bridgehead atoms. The van der Waals surface area contributed by atoms with Crippen LogP contribution in [0.2, 0.25) is 15.1 Å². The molecule has 160 valence electrons. The molecule has 1 heterocycles. The van der Waals surface area contributed by atoms with Crippen LogP contribution in [-0.2, 0) is 6.42 Å². The molecule has 3 aromatic rings. The van der Waals surface area contributed by atoms with Gasteiger partial charge in [0, 0.05) is 28.7 Å². The number of piperidine rings is 1. The van der Waals surface area contributed by atoms with Gasteiger partial charge in [-0.2, -0.15) is 0 Å². The van der Waals surface area contributed by atoms with E-state index in [0.29, 0.717) is 22.1 Å². The van der Waals surface area contributed by atoms with Gasteiger partial charge in [-0.3, -0.25) is 0 Å². The van der Waals surface area contributed by atoms with Gasteiger partial charge in [0.1, 0.15) is 0 Å². The molecule has 0 saturated carbocycles. The van der Waals surface area contributed by atoms with Gasteiger partial charge >= 0.3 is 0 Å². The molecule has 1 saturated heterocycles. The highest BCUT2D eigenvalue weighted by Gasteiger charge is 2.33. The molecule has 1 fully saturated rings. The van der Waals surface area contributed by atoms with E-state index in [0.717, 1.165) is 36.5 Å². The third kappa shape index (κ3) is 4.45. The monoisotopic (exact) mass is 470 g/mol. The first-order valence-electron chi connectivity index (χ1n) is 10.9. The molecule has 0 spiro atoms. The first kappa shape index (κ1) is 21.2. The highest BCUT2D eigenvalue weighted by Crippen LogP contribution is 2.41. The van der Waals surface area contributed by atoms with Crippen molar-refractivity contribution in [2.24, 2.45) is 0 Å². The lowest BCUT2D eigenvalue weighted by Crippen LogP contribution is -2.45. The minimum Gasteiger partial charge on any atom is -0.363 e. The largest absolute Gasteiger partial charge is 0.363 e. The van der Waals surface area contributed by atoms with Gasteiger partial charge in [0.2, 0.25) is 0 Å². The number of rotatable bonds is 4. The van der Waals surface area contributed by atoms with Crippen molar-refractivity contribution in [1.29, 1.82) is 0 Å². The van der Waals surface area contributed by atoms with Crippen LogP contribution in [-0.4, -0.2) is 12.6 Å². The Morgan fingerprint density at radius 2 is 1.61 bits per heavy atom. The van der Waals surface area contributed by atoms with E-state index in [1.54, 1.807) is 0 Å². The average molecular weight is 472 g/mol. The zero-order valence-corrected chi connectivity index (χ0v) is 19.5. The van der Waals surface area contributed by atoms with E-state index in [9.17, 15) is 0 Å². The van der Waals surface area contributed by atoms with Gasteiger partial charge in [-0.25, -0.2) is 0 Å². The third-order valence-electron chi connectivity index (χ3n) is 6.65. The number of nitrogens with zero attached hydrogens (tertiary/aromatic N) is 1. The molecule has 0 aromatic heterocycles. The molecule has 3 aromatic carbocycles. The van der Waals surface area contributed by atoms with Crippen molar-refractivity contribution >= 4 is 40.5 Å². The molecule has 2 nitrogen and oxygen atoms in total. The van der Waals surface area contributed by atoms with Crippen LogP contribution < -0.4 is 10.2 Å². The van der Waals surface area contributed by atoms with E-state index in [-0.39, 0.29) is 6.04 Å². The molecule has 1 aliphatic heterocycles. The predicted octanol–water partition coefficient (Wildman–Crippen LogP) is 7.63. The predicted molar refractivity (Wildman–Crippen MR) is 132 cm³/mol. The summed E-state index contributed by atoms with van der Waals surface area (Å²) in [6.45, 7) is 0.931. The summed E-state index contributed by atoms with van der Waals surface area (Å²) >= 11 is 18.9. The van der Waals surface area contributed by atoms with E-state index in [1.165, 1.54) is 23.1 Å². The quantitative estimate of drug-likeness (QED) is 0.420. The molecule has 1 aliphatic carbocycles. The van der Waals surface area contributed by atoms with E-state index in [4.69, 9.17) is 34.8 Å². The second kappa shape index (κ2) is 9.03. The van der Waals surface area contributed by atoms with Gasteiger partial charge in [0.05, 0.1) is 16.8 Å². The summed E-state index contributed by atoms with van der Waals surface area (Å²) in [5.74, 6) is 0. The number of anilines is 1. The summed E-state index contributed by atoms with van der Waals surface area (Å²) in [6, 6.07) is 24.0. The Morgan fingerprint density at radius 1 is 0.839 bits per heavy atom. The summed E-state index contributed by atoms with van der Waals surface area (Å²) in [6.07, 6.45) is 4.42. The van der Waals surface area contributed by atoms with Gasteiger partial charge in [-0.15, -0.1) is 0 Å². The van der Waals surface area contributed by atoms with Crippen LogP contribution in [0.5, 0.6) is 0 Å². The van der Waals surface area contributed by atoms with Gasteiger partial charge in [-0.1, -0.05) is 71.2 Å². The van der Waals surface area contributed by atoms with Gasteiger partial charge in [0.25, 0.3) is 0 Å². The summed E-state index contributed by atoms with van der Waals surface area (Å²) in [5, 5.41) is 6.09. The van der Waals surface area contributed by atoms with Crippen molar-refractivity contribution in [3.63, 3.8) is 0 Å². The summed E-state index contributed by atoms with van der Waals surface area (Å²) in [5.41, 5.74) is 5.25. The molecule has 5 heteroatoms. The average Bonchev–Trinajstić information content (AvgIpc) is 3.18. The number of nitrogens with one attached hydrogen (secondary N) is 1. The Labute approximate surface area is 199 Å². The lowest BCUT2D eigenvalue weighted by molar-refractivity contribution is 0.328. The Bertz CT molecular complexity index is 1070. The standard InChI is InChI=1S/C26H25Cl3N2/c27-19-8-5-18(6-9-19)26-16-21(30-24-11-7-17-3-1-2-4-22(17)24)13-14-31(26)25-12-10-20(28)15-23(25)29/h1-6,8-10,12,15,21,24,26,30H,7,11,13-14,16H2. The van der Waals surface area contributed by atoms with Crippen LogP contribution in [0.15, 0.2) is 66.7 Å². The molecule has 3 atom stereocenters. The maximum atomic E-state index is 6.61. The fourth-order valence-corrected chi connectivity index (χ4v) is 5.78. The van der Waals surface area contributed by atoms with Crippen molar-refractivity contribution in [1.82, 2.24) is 5.32 Å². The third-order valence-corrected chi connectivity index (χ3v) is 7.44. The van der Waals surface area contributed by atoms with Crippen LogP contribution in [0.25, 0.3) is 0 Å². The fraction of sp³-hybridized carbons (Fsp3) is 0.308. The fourth-order valence-electron chi connectivity index (χ4n) is 5.14. The smallest absolute Gasteiger partial charge is 0.0654 e. The van der Waals surface area contributed by atoms with Gasteiger partial charge in [0.15, 0.2) is 0 Å². The first-order chi connectivity index (χ1) is 15.1. The Hall–Kier alpha value is -1.71. The number of aryl methyl sites for hydroxylation is 1. The van der Waals surface area contributed by atoms with Crippen molar-refractivity contribution in [2.75, 3.05) is 11.4 Å². The van der Waals surface area contributed by atoms with Crippen molar-refractivity contribution in [2.45, 2.75) is 43.8 Å². The van der Waals surface area contributed by atoms with Crippen LogP contribution >= 0.6 is 34.8 Å². The number of benzene rings is 3. The maximum Gasteiger partial charge on any atom is 0.0654 e. The molecular formula is C26H25Cl3N2. The SMILES string of the molecule is Clc1ccc(C2CC(NC3CCc4ccccc43)CCN2c2ccc(Cl)cc2Cl)cc1. The second-order valence-electron chi connectivity index (χ2n) is 8.53. The summed E-state index contributed by atoms with van der Waals surface area (Å²) in [4.78, 5) is 2.42. The minimum atomic E-state index is 0.221. The van der Waals surface area contributed by atoms with Gasteiger partial charge < -0.3 is 10.2 Å². The molecule has 2 aliphatic rings. The highest BCUT2D eigenvalue weighted by atomic mass is 35.5. The van der Waals surface area contributed by atoms with Crippen LogP contribution in [0.4, 0.5) is 5.69 Å². The summed E-state index contributed by atoms with van der Waals surface area (Å²) < 4.78 is 0. The van der Waals surface area contributed by atoms with E-state index in [1.807, 2.05) is 30.3 Å². The molecular weight excluding hydrogens is 447 g/mol. The minimum absolute atomic E-state index is 0.221. The first-order valence-corrected chi connectivity index (χ1v) is 12.0. The lowest BCUT2D eigenvalue weighted by atomic mass is 9.90. The zero-order chi connectivity index (χ0) is 21.4. The second-order valence-corrected chi connectivity index (χ2v) is 9.81. The lowest BCUT2D eigenvalue weighted by Gasteiger charge is -2.43. The molecule has 31 heavy (non-hydrogen) atoms. The molecule has 3 unspecified atom stereocenters. The maximum absolute atomic E-state index is 6.61. The number of fused-ring (bicyclic) bond motifs is 1. The highest BCUT2D eigenvalue weighted by molar-refractivity contribution is 6.36. The van der Waals surface area contributed by atoms with Crippen LogP contribution in [0.1, 0.15) is 48.0 Å². The van der Waals surface area contributed by atoms with Gasteiger partial charge in [-0.05, 0) is 72.7 Å². The molecule has 0 amide bonds. The molecule has 5 rings (SSSR count). The summed E-state index contributed by atoms with van der Waals surface area (Å²) in [7, 11) is 0. The number of hydrogen-bond donors (Lipinski definition) is 1. The zero-order valence-electron chi connectivity index (χ0n) is 17.2. The van der Waals surface area contributed by atoms with Crippen LogP contribution in [0, 0.1) is 0 Å². The topological polar surface area (TPSA) is 15.3 Å². The van der Waals surface area contributed by atoms with E-state index in [2.05, 4.69) is 46.6 Å².